The highest BCUT2D eigenvalue weighted by Crippen LogP contribution is 2.27. The number of sulfonamides is 1. The summed E-state index contributed by atoms with van der Waals surface area (Å²) < 4.78 is 31.0. The monoisotopic (exact) mass is 388 g/mol. The van der Waals surface area contributed by atoms with Gasteiger partial charge >= 0.3 is 0 Å². The molecular weight excluding hydrogens is 364 g/mol. The van der Waals surface area contributed by atoms with Gasteiger partial charge in [0.05, 0.1) is 24.6 Å². The summed E-state index contributed by atoms with van der Waals surface area (Å²) in [5.41, 5.74) is 2.92. The first-order valence-corrected chi connectivity index (χ1v) is 10.5. The van der Waals surface area contributed by atoms with Crippen molar-refractivity contribution in [1.29, 1.82) is 0 Å². The number of nitrogens with zero attached hydrogens (tertiary/aromatic N) is 1. The lowest BCUT2D eigenvalue weighted by atomic mass is 10.0. The van der Waals surface area contributed by atoms with Crippen molar-refractivity contribution in [2.24, 2.45) is 0 Å². The Bertz CT molecular complexity index is 956. The van der Waals surface area contributed by atoms with Crippen LogP contribution in [0.3, 0.4) is 0 Å². The quantitative estimate of drug-likeness (QED) is 0.854. The lowest BCUT2D eigenvalue weighted by Gasteiger charge is -2.20. The molecule has 6 nitrogen and oxygen atoms in total. The van der Waals surface area contributed by atoms with Crippen molar-refractivity contribution in [1.82, 2.24) is 5.32 Å². The maximum absolute atomic E-state index is 12.7. The summed E-state index contributed by atoms with van der Waals surface area (Å²) in [5.74, 6) is 0.600. The summed E-state index contributed by atoms with van der Waals surface area (Å²) in [6, 6.07) is 12.3. The molecule has 0 saturated carbocycles. The first kappa shape index (κ1) is 19.2. The van der Waals surface area contributed by atoms with Gasteiger partial charge in [0, 0.05) is 17.7 Å². The number of carbonyl (C=O) groups is 1. The zero-order chi connectivity index (χ0) is 19.6. The Kier molecular flexibility index (Phi) is 5.41. The molecule has 1 atom stereocenters. The smallest absolute Gasteiger partial charge is 0.251 e. The second kappa shape index (κ2) is 7.60. The third kappa shape index (κ3) is 4.08. The highest BCUT2D eigenvalue weighted by atomic mass is 32.2. The Hall–Kier alpha value is -2.54. The Balaban J connectivity index is 1.81. The van der Waals surface area contributed by atoms with Crippen LogP contribution < -0.4 is 14.4 Å². The molecule has 1 saturated heterocycles. The Labute approximate surface area is 160 Å². The van der Waals surface area contributed by atoms with E-state index >= 15 is 0 Å². The highest BCUT2D eigenvalue weighted by Gasteiger charge is 2.28. The van der Waals surface area contributed by atoms with Crippen molar-refractivity contribution < 1.29 is 17.9 Å². The highest BCUT2D eigenvalue weighted by molar-refractivity contribution is 7.93. The molecule has 0 radical (unpaired) electrons. The average Bonchev–Trinajstić information content (AvgIpc) is 3.00. The van der Waals surface area contributed by atoms with Crippen LogP contribution in [0.4, 0.5) is 5.69 Å². The van der Waals surface area contributed by atoms with Crippen LogP contribution in [0.1, 0.15) is 40.9 Å². The predicted molar refractivity (Wildman–Crippen MR) is 106 cm³/mol. The number of methoxy groups -OCH3 is 1. The molecule has 1 unspecified atom stereocenters. The molecule has 2 aromatic rings. The maximum atomic E-state index is 12.7. The summed E-state index contributed by atoms with van der Waals surface area (Å²) in [7, 11) is -1.68. The number of anilines is 1. The topological polar surface area (TPSA) is 75.7 Å². The first-order valence-electron chi connectivity index (χ1n) is 8.88. The van der Waals surface area contributed by atoms with Crippen LogP contribution >= 0.6 is 0 Å². The van der Waals surface area contributed by atoms with Gasteiger partial charge in [0.2, 0.25) is 10.0 Å². The molecule has 1 heterocycles. The van der Waals surface area contributed by atoms with Crippen LogP contribution in [0.15, 0.2) is 42.5 Å². The normalized spacial score (nSPS) is 16.8. The van der Waals surface area contributed by atoms with Gasteiger partial charge in [-0.15, -0.1) is 0 Å². The van der Waals surface area contributed by atoms with E-state index in [1.807, 2.05) is 32.0 Å². The van der Waals surface area contributed by atoms with Gasteiger partial charge in [0.15, 0.2) is 0 Å². The van der Waals surface area contributed by atoms with Crippen LogP contribution in [0.25, 0.3) is 0 Å². The maximum Gasteiger partial charge on any atom is 0.251 e. The molecule has 0 aromatic heterocycles. The molecule has 0 bridgehead atoms. The minimum absolute atomic E-state index is 0.146. The number of nitrogens with one attached hydrogen (secondary N) is 1. The van der Waals surface area contributed by atoms with Crippen molar-refractivity contribution in [3.63, 3.8) is 0 Å². The van der Waals surface area contributed by atoms with Crippen LogP contribution in [0, 0.1) is 6.92 Å². The largest absolute Gasteiger partial charge is 0.496 e. The number of carbonyl (C=O) groups excluding carboxylic acids is 1. The fraction of sp³-hybridized carbons (Fsp3) is 0.350. The van der Waals surface area contributed by atoms with Crippen LogP contribution in [-0.2, 0) is 10.0 Å². The molecule has 144 valence electrons. The number of aryl methyl sites for hydroxylation is 1. The van der Waals surface area contributed by atoms with Gasteiger partial charge < -0.3 is 10.1 Å². The van der Waals surface area contributed by atoms with Crippen molar-refractivity contribution in [2.45, 2.75) is 26.3 Å². The molecule has 3 rings (SSSR count). The number of rotatable bonds is 5. The van der Waals surface area contributed by atoms with Gasteiger partial charge in [-0.25, -0.2) is 8.42 Å². The molecule has 0 aliphatic carbocycles. The Morgan fingerprint density at radius 1 is 1.22 bits per heavy atom. The van der Waals surface area contributed by atoms with Gasteiger partial charge in [-0.3, -0.25) is 9.10 Å². The summed E-state index contributed by atoms with van der Waals surface area (Å²) >= 11 is 0. The number of ether oxygens (including phenoxy) is 1. The Morgan fingerprint density at radius 2 is 2.00 bits per heavy atom. The lowest BCUT2D eigenvalue weighted by molar-refractivity contribution is 0.0939. The third-order valence-corrected chi connectivity index (χ3v) is 6.56. The van der Waals surface area contributed by atoms with E-state index in [0.29, 0.717) is 30.0 Å². The van der Waals surface area contributed by atoms with E-state index in [-0.39, 0.29) is 17.7 Å². The fourth-order valence-corrected chi connectivity index (χ4v) is 4.84. The van der Waals surface area contributed by atoms with Crippen molar-refractivity contribution >= 4 is 21.6 Å². The lowest BCUT2D eigenvalue weighted by Crippen LogP contribution is -2.28. The molecule has 2 aromatic carbocycles. The molecule has 1 fully saturated rings. The minimum atomic E-state index is -3.28. The molecule has 1 amide bonds. The summed E-state index contributed by atoms with van der Waals surface area (Å²) in [6.45, 7) is 4.33. The standard InChI is InChI=1S/C20H24N2O4S/c1-14-8-9-19(26-3)18(12-14)15(2)21-20(23)16-6-4-7-17(13-16)22-10-5-11-27(22,24)25/h4,6-9,12-13,15H,5,10-11H2,1-3H3,(H,21,23). The number of hydrogen-bond acceptors (Lipinski definition) is 4. The number of benzene rings is 2. The molecule has 7 heteroatoms. The number of hydrogen-bond donors (Lipinski definition) is 1. The van der Waals surface area contributed by atoms with E-state index in [2.05, 4.69) is 5.32 Å². The minimum Gasteiger partial charge on any atom is -0.496 e. The SMILES string of the molecule is COc1ccc(C)cc1C(C)NC(=O)c1cccc(N2CCCS2(=O)=O)c1. The van der Waals surface area contributed by atoms with Gasteiger partial charge in [-0.1, -0.05) is 23.8 Å². The average molecular weight is 388 g/mol. The fourth-order valence-electron chi connectivity index (χ4n) is 3.28. The van der Waals surface area contributed by atoms with E-state index in [1.165, 1.54) is 4.31 Å². The van der Waals surface area contributed by atoms with Crippen LogP contribution in [0.5, 0.6) is 5.75 Å². The number of amides is 1. The molecular formula is C20H24N2O4S. The van der Waals surface area contributed by atoms with Gasteiger partial charge in [-0.05, 0) is 44.5 Å². The van der Waals surface area contributed by atoms with Crippen LogP contribution in [-0.4, -0.2) is 33.7 Å². The molecule has 1 N–H and O–H groups in total. The second-order valence-corrected chi connectivity index (χ2v) is 8.75. The molecule has 1 aliphatic heterocycles. The Morgan fingerprint density at radius 3 is 2.67 bits per heavy atom. The molecule has 1 aliphatic rings. The predicted octanol–water partition coefficient (Wildman–Crippen LogP) is 3.03. The van der Waals surface area contributed by atoms with E-state index in [9.17, 15) is 13.2 Å². The van der Waals surface area contributed by atoms with Crippen molar-refractivity contribution in [3.8, 4) is 5.75 Å². The van der Waals surface area contributed by atoms with Gasteiger partial charge in [-0.2, -0.15) is 0 Å². The van der Waals surface area contributed by atoms with E-state index in [0.717, 1.165) is 11.1 Å². The molecule has 27 heavy (non-hydrogen) atoms. The third-order valence-electron chi connectivity index (χ3n) is 4.69. The van der Waals surface area contributed by atoms with Crippen molar-refractivity contribution in [3.05, 3.63) is 59.2 Å². The van der Waals surface area contributed by atoms with Crippen molar-refractivity contribution in [2.75, 3.05) is 23.7 Å². The van der Waals surface area contributed by atoms with E-state index in [1.54, 1.807) is 31.4 Å². The van der Waals surface area contributed by atoms with E-state index < -0.39 is 10.0 Å². The zero-order valence-corrected chi connectivity index (χ0v) is 16.5. The summed E-state index contributed by atoms with van der Waals surface area (Å²) in [6.07, 6.45) is 0.600. The zero-order valence-electron chi connectivity index (χ0n) is 15.7. The van der Waals surface area contributed by atoms with E-state index in [4.69, 9.17) is 4.74 Å². The first-order chi connectivity index (χ1) is 12.8. The molecule has 0 spiro atoms. The van der Waals surface area contributed by atoms with Gasteiger partial charge in [0.25, 0.3) is 5.91 Å². The van der Waals surface area contributed by atoms with Crippen LogP contribution in [0.2, 0.25) is 0 Å². The summed E-state index contributed by atoms with van der Waals surface area (Å²) in [5, 5.41) is 2.97. The van der Waals surface area contributed by atoms with Gasteiger partial charge in [0.1, 0.15) is 5.75 Å². The second-order valence-electron chi connectivity index (χ2n) is 6.73. The summed E-state index contributed by atoms with van der Waals surface area (Å²) in [4.78, 5) is 12.7.